The number of hydrogen-bond donors (Lipinski definition) is 4. The fourth-order valence-electron chi connectivity index (χ4n) is 7.93. The molecule has 3 aliphatic rings. The molecule has 0 unspecified atom stereocenters. The van der Waals surface area contributed by atoms with Gasteiger partial charge >= 0.3 is 0 Å². The third kappa shape index (κ3) is 6.69. The smallest absolute Gasteiger partial charge is 0.262 e. The van der Waals surface area contributed by atoms with Crippen molar-refractivity contribution in [2.75, 3.05) is 13.1 Å². The maximum atomic E-state index is 13.3. The quantitative estimate of drug-likeness (QED) is 0.145. The second-order valence-electron chi connectivity index (χ2n) is 14.0. The summed E-state index contributed by atoms with van der Waals surface area (Å²) in [5.41, 5.74) is 10.9. The highest BCUT2D eigenvalue weighted by Gasteiger charge is 2.26. The van der Waals surface area contributed by atoms with Crippen LogP contribution in [0.2, 0.25) is 5.02 Å². The number of fused-ring (bicyclic) bond motifs is 2. The summed E-state index contributed by atoms with van der Waals surface area (Å²) in [5, 5.41) is 13.7. The van der Waals surface area contributed by atoms with Gasteiger partial charge in [0, 0.05) is 79.7 Å². The third-order valence-corrected chi connectivity index (χ3v) is 11.1. The number of rotatable bonds is 10. The van der Waals surface area contributed by atoms with Crippen molar-refractivity contribution in [3.63, 3.8) is 0 Å². The van der Waals surface area contributed by atoms with Crippen molar-refractivity contribution >= 4 is 29.1 Å². The summed E-state index contributed by atoms with van der Waals surface area (Å²) >= 11 is 7.23. The summed E-state index contributed by atoms with van der Waals surface area (Å²) in [7, 11) is 0. The van der Waals surface area contributed by atoms with E-state index in [4.69, 9.17) is 11.6 Å². The van der Waals surface area contributed by atoms with Crippen LogP contribution in [-0.2, 0) is 22.6 Å². The van der Waals surface area contributed by atoms with Gasteiger partial charge in [0.1, 0.15) is 5.65 Å². The van der Waals surface area contributed by atoms with E-state index < -0.39 is 0 Å². The van der Waals surface area contributed by atoms with Crippen molar-refractivity contribution in [1.82, 2.24) is 30.7 Å². The molecule has 4 N–H and O–H groups in total. The zero-order chi connectivity index (χ0) is 35.1. The van der Waals surface area contributed by atoms with Crippen LogP contribution in [0.5, 0.6) is 0 Å². The van der Waals surface area contributed by atoms with Crippen LogP contribution in [0.4, 0.5) is 0 Å². The molecule has 0 bridgehead atoms. The number of amides is 2. The number of pyridine rings is 1. The maximum Gasteiger partial charge on any atom is 0.262 e. The van der Waals surface area contributed by atoms with Crippen molar-refractivity contribution in [3.8, 4) is 33.4 Å². The molecule has 9 nitrogen and oxygen atoms in total. The van der Waals surface area contributed by atoms with E-state index >= 15 is 0 Å². The van der Waals surface area contributed by atoms with Crippen molar-refractivity contribution in [1.29, 1.82) is 0 Å². The molecule has 4 heterocycles. The summed E-state index contributed by atoms with van der Waals surface area (Å²) in [6.07, 6.45) is 8.35. The molecule has 2 fully saturated rings. The van der Waals surface area contributed by atoms with Crippen molar-refractivity contribution in [2.45, 2.75) is 70.1 Å². The SMILES string of the molecule is Cc1c(-c2ccn3c(=O)c(CNC[C@H]4CCC(=O)N4)cnc3c2)cccc1-c1cccc(-c2ccc3c(c2)CC[C@H]3NC[C@@H]2CCC(=O)N2)c1Cl. The van der Waals surface area contributed by atoms with E-state index in [1.54, 1.807) is 16.8 Å². The van der Waals surface area contributed by atoms with Crippen LogP contribution in [-0.4, -0.2) is 46.4 Å². The first-order chi connectivity index (χ1) is 24.8. The normalized spacial score (nSPS) is 19.8. The van der Waals surface area contributed by atoms with Crippen LogP contribution in [0.3, 0.4) is 0 Å². The fraction of sp³-hybridized carbons (Fsp3) is 0.317. The molecule has 2 aromatic heterocycles. The predicted octanol–water partition coefficient (Wildman–Crippen LogP) is 5.88. The van der Waals surface area contributed by atoms with E-state index in [0.717, 1.165) is 71.2 Å². The Kier molecular flexibility index (Phi) is 9.19. The number of carbonyl (C=O) groups excluding carboxylic acids is 2. The van der Waals surface area contributed by atoms with Crippen molar-refractivity contribution in [2.24, 2.45) is 0 Å². The van der Waals surface area contributed by atoms with Gasteiger partial charge in [0.25, 0.3) is 5.56 Å². The van der Waals surface area contributed by atoms with Gasteiger partial charge < -0.3 is 21.3 Å². The van der Waals surface area contributed by atoms with Gasteiger partial charge in [-0.05, 0) is 83.7 Å². The molecule has 3 atom stereocenters. The molecule has 51 heavy (non-hydrogen) atoms. The Morgan fingerprint density at radius 3 is 2.27 bits per heavy atom. The minimum absolute atomic E-state index is 0.0780. The molecule has 10 heteroatoms. The Morgan fingerprint density at radius 1 is 0.804 bits per heavy atom. The van der Waals surface area contributed by atoms with Gasteiger partial charge in [-0.15, -0.1) is 0 Å². The van der Waals surface area contributed by atoms with Gasteiger partial charge in [0.05, 0.1) is 5.02 Å². The first-order valence-electron chi connectivity index (χ1n) is 17.9. The van der Waals surface area contributed by atoms with Crippen LogP contribution < -0.4 is 26.8 Å². The second kappa shape index (κ2) is 14.1. The van der Waals surface area contributed by atoms with Crippen LogP contribution in [0, 0.1) is 6.92 Å². The van der Waals surface area contributed by atoms with E-state index in [-0.39, 0.29) is 29.5 Å². The maximum absolute atomic E-state index is 13.3. The van der Waals surface area contributed by atoms with E-state index in [1.807, 2.05) is 18.2 Å². The summed E-state index contributed by atoms with van der Waals surface area (Å²) in [6.45, 7) is 3.90. The molecule has 0 saturated carbocycles. The fourth-order valence-corrected chi connectivity index (χ4v) is 8.27. The molecular formula is C41H41ClN6O3. The number of carbonyl (C=O) groups is 2. The number of halogens is 1. The second-order valence-corrected chi connectivity index (χ2v) is 14.4. The van der Waals surface area contributed by atoms with Crippen LogP contribution in [0.25, 0.3) is 39.0 Å². The van der Waals surface area contributed by atoms with Gasteiger partial charge in [-0.25, -0.2) is 4.98 Å². The molecule has 2 saturated heterocycles. The monoisotopic (exact) mass is 700 g/mol. The van der Waals surface area contributed by atoms with Crippen LogP contribution in [0.1, 0.15) is 60.4 Å². The average molecular weight is 701 g/mol. The number of aryl methyl sites for hydroxylation is 1. The molecule has 8 rings (SSSR count). The van der Waals surface area contributed by atoms with Crippen LogP contribution in [0.15, 0.2) is 83.9 Å². The highest BCUT2D eigenvalue weighted by atomic mass is 35.5. The minimum Gasteiger partial charge on any atom is -0.352 e. The summed E-state index contributed by atoms with van der Waals surface area (Å²) < 4.78 is 1.58. The highest BCUT2D eigenvalue weighted by molar-refractivity contribution is 6.36. The Hall–Kier alpha value is -4.83. The van der Waals surface area contributed by atoms with Crippen molar-refractivity contribution < 1.29 is 9.59 Å². The van der Waals surface area contributed by atoms with Gasteiger partial charge in [0.15, 0.2) is 0 Å². The van der Waals surface area contributed by atoms with E-state index in [9.17, 15) is 14.4 Å². The van der Waals surface area contributed by atoms with Gasteiger partial charge in [-0.3, -0.25) is 18.8 Å². The number of nitrogens with zero attached hydrogens (tertiary/aromatic N) is 2. The summed E-state index contributed by atoms with van der Waals surface area (Å²) in [4.78, 5) is 41.0. The standard InChI is InChI=1S/C41H41ClN6O3/c1-24-31(27-16-17-48-37(19-27)45-21-28(41(48)51)20-43-22-29-10-14-38(49)46-29)4-2-5-32(24)35-7-3-6-34(40(35)42)26-8-12-33-25(18-26)9-13-36(33)44-23-30-11-15-39(50)47-30/h2-8,12,16-19,21,29-30,36,43-44H,9-11,13-15,20,22-23H2,1H3,(H,46,49)(H,47,50)/t29-,30+,36-/m1/s1. The van der Waals surface area contributed by atoms with Gasteiger partial charge in [0.2, 0.25) is 11.8 Å². The molecule has 2 amide bonds. The molecule has 0 spiro atoms. The summed E-state index contributed by atoms with van der Waals surface area (Å²) in [6, 6.07) is 23.7. The lowest BCUT2D eigenvalue weighted by molar-refractivity contribution is -0.120. The largest absolute Gasteiger partial charge is 0.352 e. The first kappa shape index (κ1) is 33.3. The predicted molar refractivity (Wildman–Crippen MR) is 201 cm³/mol. The zero-order valence-electron chi connectivity index (χ0n) is 28.6. The highest BCUT2D eigenvalue weighted by Crippen LogP contribution is 2.41. The minimum atomic E-state index is -0.110. The van der Waals surface area contributed by atoms with E-state index in [2.05, 4.69) is 81.7 Å². The Morgan fingerprint density at radius 2 is 1.51 bits per heavy atom. The lowest BCUT2D eigenvalue weighted by atomic mass is 9.91. The van der Waals surface area contributed by atoms with Crippen molar-refractivity contribution in [3.05, 3.63) is 117 Å². The topological polar surface area (TPSA) is 117 Å². The lowest BCUT2D eigenvalue weighted by Gasteiger charge is -2.18. The van der Waals surface area contributed by atoms with Gasteiger partial charge in [-0.2, -0.15) is 0 Å². The van der Waals surface area contributed by atoms with E-state index in [0.29, 0.717) is 48.2 Å². The third-order valence-electron chi connectivity index (χ3n) is 10.7. The average Bonchev–Trinajstić information content (AvgIpc) is 3.87. The van der Waals surface area contributed by atoms with Gasteiger partial charge in [-0.1, -0.05) is 66.2 Å². The zero-order valence-corrected chi connectivity index (χ0v) is 29.4. The number of nitrogens with one attached hydrogen (secondary N) is 4. The molecule has 0 radical (unpaired) electrons. The Labute approximate surface area is 301 Å². The lowest BCUT2D eigenvalue weighted by Crippen LogP contribution is -2.36. The molecule has 5 aromatic rings. The molecule has 260 valence electrons. The summed E-state index contributed by atoms with van der Waals surface area (Å²) in [5.74, 6) is 0.227. The molecule has 1 aliphatic carbocycles. The number of benzene rings is 3. The Bertz CT molecular complexity index is 2230. The molecule has 2 aliphatic heterocycles. The number of hydrogen-bond acceptors (Lipinski definition) is 6. The van der Waals surface area contributed by atoms with E-state index in [1.165, 1.54) is 11.1 Å². The molecule has 3 aromatic carbocycles. The number of aromatic nitrogens is 2. The Balaban J connectivity index is 1.01. The molecular weight excluding hydrogens is 660 g/mol. The first-order valence-corrected chi connectivity index (χ1v) is 18.3. The van der Waals surface area contributed by atoms with Crippen LogP contribution >= 0.6 is 11.6 Å².